The molecule has 1 aliphatic rings. The first-order valence-corrected chi connectivity index (χ1v) is 9.43. The van der Waals surface area contributed by atoms with E-state index in [0.29, 0.717) is 17.8 Å². The zero-order valence-corrected chi connectivity index (χ0v) is 15.1. The van der Waals surface area contributed by atoms with Crippen molar-refractivity contribution < 1.29 is 14.7 Å². The highest BCUT2D eigenvalue weighted by Crippen LogP contribution is 2.31. The third-order valence-electron chi connectivity index (χ3n) is 4.59. The van der Waals surface area contributed by atoms with Crippen molar-refractivity contribution in [2.24, 2.45) is 0 Å². The number of amides is 1. The summed E-state index contributed by atoms with van der Waals surface area (Å²) < 4.78 is 0. The minimum atomic E-state index is -0.807. The second kappa shape index (κ2) is 7.78. The molecule has 0 spiro atoms. The van der Waals surface area contributed by atoms with Gasteiger partial charge in [-0.1, -0.05) is 30.3 Å². The third-order valence-corrected chi connectivity index (χ3v) is 5.79. The van der Waals surface area contributed by atoms with Gasteiger partial charge in [-0.2, -0.15) is 0 Å². The fourth-order valence-electron chi connectivity index (χ4n) is 3.29. The summed E-state index contributed by atoms with van der Waals surface area (Å²) in [5.74, 6) is -0.814. The average Bonchev–Trinajstić information content (AvgIpc) is 3.02. The zero-order valence-electron chi connectivity index (χ0n) is 14.3. The van der Waals surface area contributed by atoms with Gasteiger partial charge < -0.3 is 10.0 Å². The number of carbonyl (C=O) groups excluding carboxylic acids is 1. The fraction of sp³-hybridized carbons (Fsp3) is 0.421. The highest BCUT2D eigenvalue weighted by Gasteiger charge is 2.30. The standard InChI is InChI=1S/C19H22N2O3S/c1-13-17(25-18(20-13)14-7-3-2-4-8-14)19(24)21-12-6-5-9-15(21)10-11-16(22)23/h2-4,7-8,15H,5-6,9-12H2,1H3,(H,22,23). The normalized spacial score (nSPS) is 17.5. The molecule has 1 atom stereocenters. The minimum absolute atomic E-state index is 0.00716. The molecule has 5 nitrogen and oxygen atoms in total. The molecule has 1 aromatic heterocycles. The Labute approximate surface area is 151 Å². The summed E-state index contributed by atoms with van der Waals surface area (Å²) in [5.41, 5.74) is 1.76. The van der Waals surface area contributed by atoms with Crippen LogP contribution in [0.4, 0.5) is 0 Å². The Hall–Kier alpha value is -2.21. The molecule has 1 amide bonds. The maximum Gasteiger partial charge on any atom is 0.303 e. The van der Waals surface area contributed by atoms with E-state index in [-0.39, 0.29) is 18.4 Å². The summed E-state index contributed by atoms with van der Waals surface area (Å²) in [5, 5.41) is 9.80. The molecule has 0 bridgehead atoms. The highest BCUT2D eigenvalue weighted by atomic mass is 32.1. The number of carbonyl (C=O) groups is 2. The summed E-state index contributed by atoms with van der Waals surface area (Å²) in [6.45, 7) is 2.56. The number of carboxylic acids is 1. The van der Waals surface area contributed by atoms with Gasteiger partial charge in [0.05, 0.1) is 5.69 Å². The molecule has 6 heteroatoms. The van der Waals surface area contributed by atoms with Crippen molar-refractivity contribution in [3.8, 4) is 10.6 Å². The van der Waals surface area contributed by atoms with Crippen molar-refractivity contribution in [3.05, 3.63) is 40.9 Å². The van der Waals surface area contributed by atoms with Crippen molar-refractivity contribution in [2.75, 3.05) is 6.54 Å². The summed E-state index contributed by atoms with van der Waals surface area (Å²) in [6, 6.07) is 9.86. The topological polar surface area (TPSA) is 70.5 Å². The molecular formula is C19H22N2O3S. The summed E-state index contributed by atoms with van der Waals surface area (Å²) in [6.07, 6.45) is 3.52. The van der Waals surface area contributed by atoms with Crippen LogP contribution in [0.5, 0.6) is 0 Å². The SMILES string of the molecule is Cc1nc(-c2ccccc2)sc1C(=O)N1CCCCC1CCC(=O)O. The Kier molecular flexibility index (Phi) is 5.48. The van der Waals surface area contributed by atoms with Crippen molar-refractivity contribution >= 4 is 23.2 Å². The number of hydrogen-bond donors (Lipinski definition) is 1. The van der Waals surface area contributed by atoms with Crippen LogP contribution < -0.4 is 0 Å². The smallest absolute Gasteiger partial charge is 0.303 e. The Bertz CT molecular complexity index is 757. The van der Waals surface area contributed by atoms with Gasteiger partial charge in [0.2, 0.25) is 0 Å². The quantitative estimate of drug-likeness (QED) is 0.878. The number of rotatable bonds is 5. The van der Waals surface area contributed by atoms with E-state index < -0.39 is 5.97 Å². The number of thiazole rings is 1. The maximum absolute atomic E-state index is 13.1. The summed E-state index contributed by atoms with van der Waals surface area (Å²) in [4.78, 5) is 31.1. The molecule has 3 rings (SSSR count). The van der Waals surface area contributed by atoms with Crippen LogP contribution >= 0.6 is 11.3 Å². The summed E-state index contributed by atoms with van der Waals surface area (Å²) in [7, 11) is 0. The Morgan fingerprint density at radius 2 is 2.04 bits per heavy atom. The van der Waals surface area contributed by atoms with Crippen molar-refractivity contribution in [2.45, 2.75) is 45.1 Å². The molecule has 0 saturated carbocycles. The number of carboxylic acid groups (broad SMARTS) is 1. The maximum atomic E-state index is 13.1. The van der Waals surface area contributed by atoms with E-state index in [1.54, 1.807) is 0 Å². The molecule has 0 aliphatic carbocycles. The third kappa shape index (κ3) is 4.07. The molecule has 1 saturated heterocycles. The monoisotopic (exact) mass is 358 g/mol. The Morgan fingerprint density at radius 1 is 1.28 bits per heavy atom. The van der Waals surface area contributed by atoms with Gasteiger partial charge in [-0.15, -0.1) is 11.3 Å². The fourth-order valence-corrected chi connectivity index (χ4v) is 4.32. The van der Waals surface area contributed by atoms with Crippen LogP contribution in [0.2, 0.25) is 0 Å². The van der Waals surface area contributed by atoms with Gasteiger partial charge in [0, 0.05) is 24.6 Å². The molecule has 132 valence electrons. The van der Waals surface area contributed by atoms with Gasteiger partial charge in [0.25, 0.3) is 5.91 Å². The molecular weight excluding hydrogens is 336 g/mol. The molecule has 2 heterocycles. The number of likely N-dealkylation sites (tertiary alicyclic amines) is 1. The second-order valence-corrected chi connectivity index (χ2v) is 7.38. The van der Waals surface area contributed by atoms with Crippen LogP contribution in [0.25, 0.3) is 10.6 Å². The Balaban J connectivity index is 1.81. The van der Waals surface area contributed by atoms with Gasteiger partial charge in [-0.05, 0) is 32.6 Å². The predicted octanol–water partition coefficient (Wildman–Crippen LogP) is 3.98. The van der Waals surface area contributed by atoms with Crippen molar-refractivity contribution in [1.29, 1.82) is 0 Å². The van der Waals surface area contributed by atoms with Gasteiger partial charge in [-0.25, -0.2) is 4.98 Å². The molecule has 1 N–H and O–H groups in total. The van der Waals surface area contributed by atoms with E-state index in [9.17, 15) is 9.59 Å². The van der Waals surface area contributed by atoms with Crippen LogP contribution in [-0.2, 0) is 4.79 Å². The van der Waals surface area contributed by atoms with E-state index in [1.807, 2.05) is 42.2 Å². The van der Waals surface area contributed by atoms with E-state index in [4.69, 9.17) is 5.11 Å². The van der Waals surface area contributed by atoms with Crippen LogP contribution in [0, 0.1) is 6.92 Å². The van der Waals surface area contributed by atoms with E-state index >= 15 is 0 Å². The first kappa shape index (κ1) is 17.6. The number of nitrogens with zero attached hydrogens (tertiary/aromatic N) is 2. The largest absolute Gasteiger partial charge is 0.481 e. The lowest BCUT2D eigenvalue weighted by molar-refractivity contribution is -0.137. The van der Waals surface area contributed by atoms with Gasteiger partial charge in [-0.3, -0.25) is 9.59 Å². The number of aliphatic carboxylic acids is 1. The number of aromatic nitrogens is 1. The second-order valence-electron chi connectivity index (χ2n) is 6.38. The van der Waals surface area contributed by atoms with E-state index in [0.717, 1.165) is 35.5 Å². The van der Waals surface area contributed by atoms with Gasteiger partial charge in [0.1, 0.15) is 9.88 Å². The van der Waals surface area contributed by atoms with Gasteiger partial charge in [0.15, 0.2) is 0 Å². The minimum Gasteiger partial charge on any atom is -0.481 e. The molecule has 0 radical (unpaired) electrons. The van der Waals surface area contributed by atoms with E-state index in [2.05, 4.69) is 4.98 Å². The average molecular weight is 358 g/mol. The molecule has 25 heavy (non-hydrogen) atoms. The molecule has 1 unspecified atom stereocenters. The number of benzene rings is 1. The number of aryl methyl sites for hydroxylation is 1. The van der Waals surface area contributed by atoms with Crippen molar-refractivity contribution in [1.82, 2.24) is 9.88 Å². The molecule has 1 fully saturated rings. The van der Waals surface area contributed by atoms with Crippen LogP contribution in [-0.4, -0.2) is 39.5 Å². The van der Waals surface area contributed by atoms with Crippen LogP contribution in [0.15, 0.2) is 30.3 Å². The number of piperidine rings is 1. The van der Waals surface area contributed by atoms with Crippen molar-refractivity contribution in [3.63, 3.8) is 0 Å². The van der Waals surface area contributed by atoms with Crippen LogP contribution in [0.1, 0.15) is 47.5 Å². The van der Waals surface area contributed by atoms with E-state index in [1.165, 1.54) is 11.3 Å². The summed E-state index contributed by atoms with van der Waals surface area (Å²) >= 11 is 1.42. The molecule has 1 aromatic carbocycles. The predicted molar refractivity (Wildman–Crippen MR) is 97.8 cm³/mol. The lowest BCUT2D eigenvalue weighted by atomic mass is 9.97. The lowest BCUT2D eigenvalue weighted by Crippen LogP contribution is -2.43. The van der Waals surface area contributed by atoms with Gasteiger partial charge >= 0.3 is 5.97 Å². The first-order chi connectivity index (χ1) is 12.1. The first-order valence-electron chi connectivity index (χ1n) is 8.62. The van der Waals surface area contributed by atoms with Crippen LogP contribution in [0.3, 0.4) is 0 Å². The molecule has 1 aliphatic heterocycles. The molecule has 2 aromatic rings. The Morgan fingerprint density at radius 3 is 2.76 bits per heavy atom. The number of hydrogen-bond acceptors (Lipinski definition) is 4. The highest BCUT2D eigenvalue weighted by molar-refractivity contribution is 7.17. The zero-order chi connectivity index (χ0) is 17.8. The lowest BCUT2D eigenvalue weighted by Gasteiger charge is -2.35.